The van der Waals surface area contributed by atoms with Gasteiger partial charge in [0.05, 0.1) is 21.2 Å². The molecule has 0 spiro atoms. The number of nitrogens with one attached hydrogen (secondary N) is 1. The van der Waals surface area contributed by atoms with E-state index in [9.17, 15) is 8.42 Å². The predicted octanol–water partition coefficient (Wildman–Crippen LogP) is 4.69. The molecular weight excluding hydrogens is 384 g/mol. The molecule has 4 nitrogen and oxygen atoms in total. The van der Waals surface area contributed by atoms with E-state index in [0.29, 0.717) is 11.3 Å². The van der Waals surface area contributed by atoms with Gasteiger partial charge in [0.1, 0.15) is 5.01 Å². The zero-order chi connectivity index (χ0) is 18.7. The van der Waals surface area contributed by atoms with Crippen molar-refractivity contribution in [2.75, 3.05) is 12.0 Å². The Morgan fingerprint density at radius 3 is 2.65 bits per heavy atom. The number of rotatable bonds is 7. The summed E-state index contributed by atoms with van der Waals surface area (Å²) in [7, 11) is -3.62. The van der Waals surface area contributed by atoms with Gasteiger partial charge in [0.2, 0.25) is 10.0 Å². The quantitative estimate of drug-likeness (QED) is 0.619. The fourth-order valence-electron chi connectivity index (χ4n) is 2.86. The largest absolute Gasteiger partial charge is 0.241 e. The molecule has 0 fully saturated rings. The van der Waals surface area contributed by atoms with E-state index in [-0.39, 0.29) is 6.04 Å². The Morgan fingerprint density at radius 1 is 1.19 bits per heavy atom. The number of aromatic nitrogens is 1. The maximum absolute atomic E-state index is 13.0. The van der Waals surface area contributed by atoms with Gasteiger partial charge in [-0.15, -0.1) is 11.3 Å². The average molecular weight is 407 g/mol. The van der Waals surface area contributed by atoms with Crippen LogP contribution >= 0.6 is 23.1 Å². The van der Waals surface area contributed by atoms with Crippen LogP contribution in [0.15, 0.2) is 47.4 Å². The van der Waals surface area contributed by atoms with E-state index in [4.69, 9.17) is 0 Å². The summed E-state index contributed by atoms with van der Waals surface area (Å²) in [5.74, 6) is 0.857. The second kappa shape index (κ2) is 8.08. The van der Waals surface area contributed by atoms with Crippen molar-refractivity contribution in [3.63, 3.8) is 0 Å². The molecular formula is C19H22N2O2S3. The Morgan fingerprint density at radius 2 is 1.96 bits per heavy atom. The first-order chi connectivity index (χ1) is 12.4. The highest BCUT2D eigenvalue weighted by Crippen LogP contribution is 2.30. The number of fused-ring (bicyclic) bond motifs is 1. The van der Waals surface area contributed by atoms with Gasteiger partial charge in [0.25, 0.3) is 0 Å². The van der Waals surface area contributed by atoms with Crippen LogP contribution in [0.5, 0.6) is 0 Å². The van der Waals surface area contributed by atoms with Gasteiger partial charge in [-0.1, -0.05) is 29.8 Å². The second-order valence-corrected chi connectivity index (χ2v) is 9.97. The van der Waals surface area contributed by atoms with Crippen molar-refractivity contribution in [2.45, 2.75) is 31.2 Å². The number of thiazole rings is 1. The van der Waals surface area contributed by atoms with E-state index < -0.39 is 10.0 Å². The number of thioether (sulfide) groups is 1. The van der Waals surface area contributed by atoms with E-state index in [0.717, 1.165) is 32.1 Å². The number of hydrogen-bond donors (Lipinski definition) is 1. The lowest BCUT2D eigenvalue weighted by atomic mass is 10.2. The molecule has 0 bridgehead atoms. The predicted molar refractivity (Wildman–Crippen MR) is 112 cm³/mol. The minimum atomic E-state index is -3.62. The summed E-state index contributed by atoms with van der Waals surface area (Å²) in [5.41, 5.74) is 2.71. The number of sulfonamides is 1. The smallest absolute Gasteiger partial charge is 0.239 e. The molecule has 1 heterocycles. The molecule has 2 aromatic carbocycles. The van der Waals surface area contributed by atoms with Crippen molar-refractivity contribution in [1.29, 1.82) is 0 Å². The van der Waals surface area contributed by atoms with Crippen LogP contribution in [0.2, 0.25) is 0 Å². The van der Waals surface area contributed by atoms with Crippen LogP contribution in [0.1, 0.15) is 28.6 Å². The highest BCUT2D eigenvalue weighted by atomic mass is 32.2. The fourth-order valence-corrected chi connectivity index (χ4v) is 5.92. The molecule has 0 aliphatic rings. The summed E-state index contributed by atoms with van der Waals surface area (Å²) in [6.45, 7) is 3.79. The van der Waals surface area contributed by atoms with Gasteiger partial charge in [-0.2, -0.15) is 11.8 Å². The lowest BCUT2D eigenvalue weighted by Gasteiger charge is -2.17. The molecule has 0 amide bonds. The molecule has 138 valence electrons. The van der Waals surface area contributed by atoms with E-state index in [2.05, 4.69) is 9.71 Å². The first-order valence-electron chi connectivity index (χ1n) is 8.34. The molecule has 0 aliphatic carbocycles. The Kier molecular flexibility index (Phi) is 6.02. The molecule has 1 aromatic heterocycles. The molecule has 7 heteroatoms. The standard InChI is InChI=1S/C19H22N2O2S3/c1-13-8-9-18(14(2)12-13)26(22,23)21-16(10-11-24-3)19-20-15-6-4-5-7-17(15)25-19/h4-9,12,16,21H,10-11H2,1-3H3. The molecule has 0 saturated carbocycles. The van der Waals surface area contributed by atoms with Crippen molar-refractivity contribution >= 4 is 43.3 Å². The Bertz CT molecular complexity index is 980. The summed E-state index contributed by atoms with van der Waals surface area (Å²) in [6.07, 6.45) is 2.72. The molecule has 1 N–H and O–H groups in total. The molecule has 1 atom stereocenters. The monoisotopic (exact) mass is 406 g/mol. The van der Waals surface area contributed by atoms with Gasteiger partial charge in [-0.3, -0.25) is 0 Å². The third kappa shape index (κ3) is 4.28. The van der Waals surface area contributed by atoms with Gasteiger partial charge >= 0.3 is 0 Å². The number of nitrogens with zero attached hydrogens (tertiary/aromatic N) is 1. The second-order valence-electron chi connectivity index (χ2n) is 6.24. The topological polar surface area (TPSA) is 59.1 Å². The van der Waals surface area contributed by atoms with E-state index in [1.54, 1.807) is 29.2 Å². The van der Waals surface area contributed by atoms with E-state index in [1.165, 1.54) is 0 Å². The molecule has 1 unspecified atom stereocenters. The van der Waals surface area contributed by atoms with Crippen molar-refractivity contribution in [1.82, 2.24) is 9.71 Å². The van der Waals surface area contributed by atoms with Crippen LogP contribution in [0.4, 0.5) is 0 Å². The number of benzene rings is 2. The third-order valence-electron chi connectivity index (χ3n) is 4.14. The number of para-hydroxylation sites is 1. The third-order valence-corrected chi connectivity index (χ3v) is 7.56. The maximum Gasteiger partial charge on any atom is 0.241 e. The first kappa shape index (κ1) is 19.4. The zero-order valence-electron chi connectivity index (χ0n) is 15.0. The van der Waals surface area contributed by atoms with Crippen LogP contribution in [-0.2, 0) is 10.0 Å². The summed E-state index contributed by atoms with van der Waals surface area (Å²) in [6, 6.07) is 13.0. The Balaban J connectivity index is 1.94. The maximum atomic E-state index is 13.0. The number of aryl methyl sites for hydroxylation is 2. The van der Waals surface area contributed by atoms with E-state index in [1.807, 2.05) is 56.5 Å². The van der Waals surface area contributed by atoms with Crippen molar-refractivity contribution < 1.29 is 8.42 Å². The molecule has 3 aromatic rings. The summed E-state index contributed by atoms with van der Waals surface area (Å²) in [5, 5.41) is 0.814. The minimum absolute atomic E-state index is 0.328. The molecule has 0 saturated heterocycles. The SMILES string of the molecule is CSCCC(NS(=O)(=O)c1ccc(C)cc1C)c1nc2ccccc2s1. The first-order valence-corrected chi connectivity index (χ1v) is 12.0. The molecule has 0 radical (unpaired) electrons. The lowest BCUT2D eigenvalue weighted by molar-refractivity contribution is 0.550. The van der Waals surface area contributed by atoms with Gasteiger partial charge in [0, 0.05) is 0 Å². The summed E-state index contributed by atoms with van der Waals surface area (Å²) in [4.78, 5) is 4.99. The van der Waals surface area contributed by atoms with Crippen LogP contribution in [0.25, 0.3) is 10.2 Å². The van der Waals surface area contributed by atoms with E-state index >= 15 is 0 Å². The van der Waals surface area contributed by atoms with Gasteiger partial charge < -0.3 is 0 Å². The van der Waals surface area contributed by atoms with Crippen LogP contribution in [0, 0.1) is 13.8 Å². The molecule has 3 rings (SSSR count). The lowest BCUT2D eigenvalue weighted by Crippen LogP contribution is -2.29. The molecule has 26 heavy (non-hydrogen) atoms. The Hall–Kier alpha value is -1.41. The molecule has 0 aliphatic heterocycles. The number of hydrogen-bond acceptors (Lipinski definition) is 5. The Labute approximate surface area is 163 Å². The zero-order valence-corrected chi connectivity index (χ0v) is 17.5. The van der Waals surface area contributed by atoms with Crippen molar-refractivity contribution in [2.24, 2.45) is 0 Å². The minimum Gasteiger partial charge on any atom is -0.239 e. The van der Waals surface area contributed by atoms with Gasteiger partial charge in [-0.25, -0.2) is 18.1 Å². The van der Waals surface area contributed by atoms with Crippen LogP contribution in [-0.4, -0.2) is 25.4 Å². The summed E-state index contributed by atoms with van der Waals surface area (Å²) >= 11 is 3.25. The summed E-state index contributed by atoms with van der Waals surface area (Å²) < 4.78 is 29.9. The van der Waals surface area contributed by atoms with Crippen molar-refractivity contribution in [3.05, 3.63) is 58.6 Å². The van der Waals surface area contributed by atoms with Crippen LogP contribution in [0.3, 0.4) is 0 Å². The highest BCUT2D eigenvalue weighted by molar-refractivity contribution is 7.98. The van der Waals surface area contributed by atoms with Gasteiger partial charge in [-0.05, 0) is 56.0 Å². The van der Waals surface area contributed by atoms with Crippen LogP contribution < -0.4 is 4.72 Å². The van der Waals surface area contributed by atoms with Gasteiger partial charge in [0.15, 0.2) is 0 Å². The fraction of sp³-hybridized carbons (Fsp3) is 0.316. The highest BCUT2D eigenvalue weighted by Gasteiger charge is 2.25. The average Bonchev–Trinajstić information content (AvgIpc) is 3.02. The normalized spacial score (nSPS) is 13.2. The van der Waals surface area contributed by atoms with Crippen molar-refractivity contribution in [3.8, 4) is 0 Å².